The summed E-state index contributed by atoms with van der Waals surface area (Å²) in [6.07, 6.45) is 0. The maximum absolute atomic E-state index is 13.3. The molecule has 5 nitrogen and oxygen atoms in total. The van der Waals surface area contributed by atoms with Crippen LogP contribution in [0.5, 0.6) is 0 Å². The van der Waals surface area contributed by atoms with Crippen molar-refractivity contribution >= 4 is 73.9 Å². The van der Waals surface area contributed by atoms with Crippen molar-refractivity contribution in [3.05, 3.63) is 106 Å². The van der Waals surface area contributed by atoms with Crippen LogP contribution in [0.4, 0.5) is 11.4 Å². The molecule has 0 spiro atoms. The van der Waals surface area contributed by atoms with E-state index in [0.29, 0.717) is 23.4 Å². The van der Waals surface area contributed by atoms with Crippen LogP contribution in [0.1, 0.15) is 27.6 Å². The lowest BCUT2D eigenvalue weighted by molar-refractivity contribution is 0.0973. The molecule has 0 atom stereocenters. The molecule has 0 unspecified atom stereocenters. The van der Waals surface area contributed by atoms with Crippen molar-refractivity contribution in [2.75, 3.05) is 16.8 Å². The van der Waals surface area contributed by atoms with Gasteiger partial charge >= 0.3 is 0 Å². The van der Waals surface area contributed by atoms with Gasteiger partial charge in [-0.3, -0.25) is 14.9 Å². The first-order valence-corrected chi connectivity index (χ1v) is 12.2. The smallest absolute Gasteiger partial charge is 0.258 e. The number of hydrogen-bond acceptors (Lipinski definition) is 3. The summed E-state index contributed by atoms with van der Waals surface area (Å²) in [5.41, 5.74) is 2.66. The first-order valence-electron chi connectivity index (χ1n) is 10.7. The molecule has 170 valence electrons. The van der Waals surface area contributed by atoms with Crippen molar-refractivity contribution in [3.8, 4) is 0 Å². The summed E-state index contributed by atoms with van der Waals surface area (Å²) < 4.78 is 0.967. The Bertz CT molecular complexity index is 1370. The van der Waals surface area contributed by atoms with Crippen LogP contribution in [-0.2, 0) is 0 Å². The second kappa shape index (κ2) is 10.8. The molecule has 0 aliphatic heterocycles. The number of hydrogen-bond donors (Lipinski definition) is 2. The minimum absolute atomic E-state index is 0.0834. The summed E-state index contributed by atoms with van der Waals surface area (Å²) in [6, 6.07) is 28.3. The summed E-state index contributed by atoms with van der Waals surface area (Å²) >= 11 is 7.43. The van der Waals surface area contributed by atoms with Gasteiger partial charge in [0.05, 0.1) is 5.69 Å². The lowest BCUT2D eigenvalue weighted by atomic mass is 10.1. The monoisotopic (exact) mass is 579 g/mol. The molecule has 34 heavy (non-hydrogen) atoms. The molecule has 0 fully saturated rings. The van der Waals surface area contributed by atoms with E-state index in [9.17, 15) is 9.59 Å². The quantitative estimate of drug-likeness (QED) is 0.217. The van der Waals surface area contributed by atoms with Crippen LogP contribution in [-0.4, -0.2) is 23.5 Å². The van der Waals surface area contributed by atoms with E-state index in [-0.39, 0.29) is 16.9 Å². The Morgan fingerprint density at radius 3 is 2.32 bits per heavy atom. The van der Waals surface area contributed by atoms with E-state index in [4.69, 9.17) is 12.2 Å². The molecule has 0 aromatic heterocycles. The molecule has 7 heteroatoms. The van der Waals surface area contributed by atoms with Gasteiger partial charge in [0.15, 0.2) is 5.11 Å². The summed E-state index contributed by atoms with van der Waals surface area (Å²) in [7, 11) is 0. The van der Waals surface area contributed by atoms with Crippen LogP contribution >= 0.6 is 34.8 Å². The molecule has 0 aliphatic rings. The number of rotatable bonds is 5. The van der Waals surface area contributed by atoms with Crippen LogP contribution in [0, 0.1) is 3.57 Å². The van der Waals surface area contributed by atoms with Crippen molar-refractivity contribution in [1.82, 2.24) is 5.32 Å². The third-order valence-electron chi connectivity index (χ3n) is 5.32. The normalized spacial score (nSPS) is 10.5. The van der Waals surface area contributed by atoms with E-state index in [1.807, 2.05) is 61.5 Å². The van der Waals surface area contributed by atoms with Crippen LogP contribution in [0.25, 0.3) is 10.8 Å². The Labute approximate surface area is 217 Å². The third kappa shape index (κ3) is 5.43. The molecule has 0 saturated heterocycles. The van der Waals surface area contributed by atoms with E-state index in [2.05, 4.69) is 33.2 Å². The van der Waals surface area contributed by atoms with Crippen LogP contribution in [0.3, 0.4) is 0 Å². The molecular weight excluding hydrogens is 557 g/mol. The number of benzene rings is 4. The lowest BCUT2D eigenvalue weighted by Gasteiger charge is -2.23. The largest absolute Gasteiger partial charge is 0.332 e. The molecule has 0 aliphatic carbocycles. The summed E-state index contributed by atoms with van der Waals surface area (Å²) in [5.74, 6) is -0.364. The number of amides is 2. The number of carbonyl (C=O) groups is 2. The molecular formula is C27H22IN3O2S. The molecule has 0 saturated carbocycles. The van der Waals surface area contributed by atoms with Gasteiger partial charge in [0, 0.05) is 32.3 Å². The van der Waals surface area contributed by atoms with Crippen molar-refractivity contribution in [3.63, 3.8) is 0 Å². The van der Waals surface area contributed by atoms with Gasteiger partial charge < -0.3 is 10.2 Å². The highest BCUT2D eigenvalue weighted by atomic mass is 127. The fourth-order valence-electron chi connectivity index (χ4n) is 3.69. The summed E-state index contributed by atoms with van der Waals surface area (Å²) in [6.45, 7) is 2.51. The molecule has 4 aromatic rings. The van der Waals surface area contributed by atoms with E-state index in [1.54, 1.807) is 41.3 Å². The predicted octanol–water partition coefficient (Wildman–Crippen LogP) is 6.24. The van der Waals surface area contributed by atoms with Crippen LogP contribution < -0.4 is 15.5 Å². The van der Waals surface area contributed by atoms with Crippen LogP contribution in [0.15, 0.2) is 91.0 Å². The molecule has 0 heterocycles. The molecule has 2 N–H and O–H groups in total. The lowest BCUT2D eigenvalue weighted by Crippen LogP contribution is -2.34. The number of nitrogens with zero attached hydrogens (tertiary/aromatic N) is 1. The van der Waals surface area contributed by atoms with Gasteiger partial charge in [-0.2, -0.15) is 0 Å². The van der Waals surface area contributed by atoms with Gasteiger partial charge in [0.1, 0.15) is 0 Å². The highest BCUT2D eigenvalue weighted by molar-refractivity contribution is 14.1. The Balaban J connectivity index is 1.45. The third-order valence-corrected chi connectivity index (χ3v) is 6.20. The van der Waals surface area contributed by atoms with Gasteiger partial charge in [-0.25, -0.2) is 0 Å². The minimum atomic E-state index is -0.281. The van der Waals surface area contributed by atoms with E-state index >= 15 is 0 Å². The Hall–Kier alpha value is -3.30. The highest BCUT2D eigenvalue weighted by Gasteiger charge is 2.18. The van der Waals surface area contributed by atoms with Crippen molar-refractivity contribution in [2.45, 2.75) is 6.92 Å². The van der Waals surface area contributed by atoms with Crippen molar-refractivity contribution in [1.29, 1.82) is 0 Å². The number of fused-ring (bicyclic) bond motifs is 1. The number of anilines is 2. The second-order valence-electron chi connectivity index (χ2n) is 7.54. The first-order chi connectivity index (χ1) is 16.5. The van der Waals surface area contributed by atoms with Crippen LogP contribution in [0.2, 0.25) is 0 Å². The average molecular weight is 579 g/mol. The molecule has 0 bridgehead atoms. The van der Waals surface area contributed by atoms with Gasteiger partial charge in [0.25, 0.3) is 11.8 Å². The maximum atomic E-state index is 13.3. The Morgan fingerprint density at radius 2 is 1.59 bits per heavy atom. The number of thiocarbonyl (C=S) groups is 1. The standard InChI is InChI=1S/C27H22IN3O2S/c1-2-31(24-12-6-8-18-7-3-4-11-23(18)24)26(33)19-13-15-22(16-14-19)29-27(34)30-25(32)20-9-5-10-21(28)17-20/h3-17H,2H2,1H3,(H2,29,30,32,34). The van der Waals surface area contributed by atoms with Crippen molar-refractivity contribution < 1.29 is 9.59 Å². The number of halogens is 1. The van der Waals surface area contributed by atoms with Gasteiger partial charge in [-0.1, -0.05) is 42.5 Å². The fourth-order valence-corrected chi connectivity index (χ4v) is 4.44. The Kier molecular flexibility index (Phi) is 7.54. The summed E-state index contributed by atoms with van der Waals surface area (Å²) in [5, 5.41) is 7.99. The minimum Gasteiger partial charge on any atom is -0.332 e. The zero-order valence-corrected chi connectivity index (χ0v) is 21.4. The Morgan fingerprint density at radius 1 is 0.882 bits per heavy atom. The van der Waals surface area contributed by atoms with Gasteiger partial charge in [-0.15, -0.1) is 0 Å². The SMILES string of the molecule is CCN(C(=O)c1ccc(NC(=S)NC(=O)c2cccc(I)c2)cc1)c1cccc2ccccc12. The van der Waals surface area contributed by atoms with Gasteiger partial charge in [-0.05, 0) is 95.6 Å². The molecule has 4 aromatic carbocycles. The second-order valence-corrected chi connectivity index (χ2v) is 9.20. The fraction of sp³-hybridized carbons (Fsp3) is 0.0741. The first kappa shape index (κ1) is 23.8. The van der Waals surface area contributed by atoms with E-state index in [1.165, 1.54) is 0 Å². The number of nitrogens with one attached hydrogen (secondary N) is 2. The van der Waals surface area contributed by atoms with Gasteiger partial charge in [0.2, 0.25) is 0 Å². The maximum Gasteiger partial charge on any atom is 0.258 e. The number of carbonyl (C=O) groups excluding carboxylic acids is 2. The molecule has 0 radical (unpaired) electrons. The predicted molar refractivity (Wildman–Crippen MR) is 151 cm³/mol. The van der Waals surface area contributed by atoms with E-state index < -0.39 is 0 Å². The zero-order chi connectivity index (χ0) is 24.1. The topological polar surface area (TPSA) is 61.4 Å². The zero-order valence-electron chi connectivity index (χ0n) is 18.4. The average Bonchev–Trinajstić information content (AvgIpc) is 2.85. The molecule has 4 rings (SSSR count). The molecule has 2 amide bonds. The highest BCUT2D eigenvalue weighted by Crippen LogP contribution is 2.28. The van der Waals surface area contributed by atoms with E-state index in [0.717, 1.165) is 20.0 Å². The summed E-state index contributed by atoms with van der Waals surface area (Å²) in [4.78, 5) is 27.5. The van der Waals surface area contributed by atoms with Crippen molar-refractivity contribution in [2.24, 2.45) is 0 Å².